The minimum Gasteiger partial charge on any atom is -0.337 e. The number of piperazine rings is 1. The predicted molar refractivity (Wildman–Crippen MR) is 51.3 cm³/mol. The maximum absolute atomic E-state index is 4.23. The van der Waals surface area contributed by atoms with Crippen LogP contribution < -0.4 is 10.7 Å². The van der Waals surface area contributed by atoms with Crippen molar-refractivity contribution in [1.29, 1.82) is 0 Å². The molecule has 1 unspecified atom stereocenters. The van der Waals surface area contributed by atoms with E-state index in [-0.39, 0.29) is 0 Å². The Hall–Kier alpha value is -0.770. The normalized spacial score (nSPS) is 33.4. The highest BCUT2D eigenvalue weighted by Gasteiger charge is 2.33. The molecule has 1 saturated heterocycles. The number of fused-ring (bicyclic) bond motifs is 1. The SMILES string of the molecule is C1CC(C2CN3CNN=C3CN2)C1. The van der Waals surface area contributed by atoms with Gasteiger partial charge in [0.25, 0.3) is 0 Å². The molecular formula is C9H16N4. The Balaban J connectivity index is 1.65. The van der Waals surface area contributed by atoms with E-state index in [1.807, 2.05) is 0 Å². The van der Waals surface area contributed by atoms with E-state index in [1.54, 1.807) is 0 Å². The fourth-order valence-corrected chi connectivity index (χ4v) is 2.38. The molecule has 13 heavy (non-hydrogen) atoms. The average Bonchev–Trinajstić information content (AvgIpc) is 2.47. The third-order valence-corrected chi connectivity index (χ3v) is 3.49. The molecule has 1 aliphatic carbocycles. The van der Waals surface area contributed by atoms with Crippen LogP contribution >= 0.6 is 0 Å². The van der Waals surface area contributed by atoms with E-state index in [1.165, 1.54) is 25.1 Å². The molecule has 72 valence electrons. The van der Waals surface area contributed by atoms with Gasteiger partial charge in [0.2, 0.25) is 0 Å². The highest BCUT2D eigenvalue weighted by molar-refractivity contribution is 5.85. The molecule has 0 bridgehead atoms. The summed E-state index contributed by atoms with van der Waals surface area (Å²) in [5, 5.41) is 7.81. The van der Waals surface area contributed by atoms with Crippen LogP contribution in [0.3, 0.4) is 0 Å². The van der Waals surface area contributed by atoms with Crippen LogP contribution in [0.25, 0.3) is 0 Å². The maximum Gasteiger partial charge on any atom is 0.140 e. The van der Waals surface area contributed by atoms with Crippen LogP contribution in [-0.4, -0.2) is 36.5 Å². The van der Waals surface area contributed by atoms with Crippen molar-refractivity contribution in [2.75, 3.05) is 19.8 Å². The molecule has 2 N–H and O–H groups in total. The standard InChI is InChI=1S/C9H16N4/c1-2-7(3-1)8-5-13-6-11-12-9(13)4-10-8/h7-8,10-11H,1-6H2. The Morgan fingerprint density at radius 2 is 2.31 bits per heavy atom. The van der Waals surface area contributed by atoms with Gasteiger partial charge in [-0.3, -0.25) is 5.43 Å². The molecule has 0 amide bonds. The van der Waals surface area contributed by atoms with Crippen molar-refractivity contribution < 1.29 is 0 Å². The zero-order chi connectivity index (χ0) is 8.67. The summed E-state index contributed by atoms with van der Waals surface area (Å²) in [7, 11) is 0. The largest absolute Gasteiger partial charge is 0.337 e. The van der Waals surface area contributed by atoms with Gasteiger partial charge in [-0.25, -0.2) is 0 Å². The molecule has 3 aliphatic rings. The topological polar surface area (TPSA) is 39.7 Å². The quantitative estimate of drug-likeness (QED) is 0.593. The summed E-state index contributed by atoms with van der Waals surface area (Å²) in [5.74, 6) is 2.12. The van der Waals surface area contributed by atoms with Crippen LogP contribution in [0, 0.1) is 5.92 Å². The zero-order valence-corrected chi connectivity index (χ0v) is 7.79. The summed E-state index contributed by atoms with van der Waals surface area (Å²) in [6, 6.07) is 0.715. The lowest BCUT2D eigenvalue weighted by Crippen LogP contribution is -2.56. The van der Waals surface area contributed by atoms with Crippen molar-refractivity contribution in [2.24, 2.45) is 11.0 Å². The number of rotatable bonds is 1. The summed E-state index contributed by atoms with van der Waals surface area (Å²) >= 11 is 0. The van der Waals surface area contributed by atoms with Crippen molar-refractivity contribution in [3.05, 3.63) is 0 Å². The Bertz CT molecular complexity index is 234. The number of amidine groups is 1. The molecule has 1 atom stereocenters. The Morgan fingerprint density at radius 1 is 1.38 bits per heavy atom. The third kappa shape index (κ3) is 1.20. The van der Waals surface area contributed by atoms with Crippen LogP contribution in [0.1, 0.15) is 19.3 Å². The van der Waals surface area contributed by atoms with Gasteiger partial charge in [-0.1, -0.05) is 6.42 Å². The van der Waals surface area contributed by atoms with E-state index in [0.29, 0.717) is 6.04 Å². The van der Waals surface area contributed by atoms with E-state index in [0.717, 1.165) is 25.7 Å². The fraction of sp³-hybridized carbons (Fsp3) is 0.889. The van der Waals surface area contributed by atoms with Crippen LogP contribution in [0.15, 0.2) is 5.10 Å². The Morgan fingerprint density at radius 3 is 3.08 bits per heavy atom. The van der Waals surface area contributed by atoms with Crippen molar-refractivity contribution in [3.63, 3.8) is 0 Å². The van der Waals surface area contributed by atoms with Gasteiger partial charge in [0, 0.05) is 12.6 Å². The van der Waals surface area contributed by atoms with E-state index in [2.05, 4.69) is 20.7 Å². The fourth-order valence-electron chi connectivity index (χ4n) is 2.38. The maximum atomic E-state index is 4.23. The van der Waals surface area contributed by atoms with Crippen LogP contribution in [0.5, 0.6) is 0 Å². The molecule has 0 aromatic carbocycles. The van der Waals surface area contributed by atoms with Gasteiger partial charge in [0.1, 0.15) is 12.5 Å². The summed E-state index contributed by atoms with van der Waals surface area (Å²) in [5.41, 5.74) is 3.03. The summed E-state index contributed by atoms with van der Waals surface area (Å²) in [6.45, 7) is 3.02. The molecule has 4 nitrogen and oxygen atoms in total. The minimum atomic E-state index is 0.715. The summed E-state index contributed by atoms with van der Waals surface area (Å²) in [6.07, 6.45) is 4.28. The van der Waals surface area contributed by atoms with Crippen LogP contribution in [0.2, 0.25) is 0 Å². The number of hydrogen-bond donors (Lipinski definition) is 2. The molecule has 2 heterocycles. The van der Waals surface area contributed by atoms with Gasteiger partial charge >= 0.3 is 0 Å². The molecule has 2 fully saturated rings. The first-order chi connectivity index (χ1) is 6.43. The van der Waals surface area contributed by atoms with Crippen molar-refractivity contribution in [1.82, 2.24) is 15.6 Å². The van der Waals surface area contributed by atoms with Crippen molar-refractivity contribution >= 4 is 5.84 Å². The second-order valence-corrected chi connectivity index (χ2v) is 4.25. The second-order valence-electron chi connectivity index (χ2n) is 4.25. The lowest BCUT2D eigenvalue weighted by molar-refractivity contribution is 0.188. The van der Waals surface area contributed by atoms with Crippen LogP contribution in [0.4, 0.5) is 0 Å². The van der Waals surface area contributed by atoms with E-state index in [4.69, 9.17) is 0 Å². The molecule has 2 aliphatic heterocycles. The van der Waals surface area contributed by atoms with E-state index in [9.17, 15) is 0 Å². The van der Waals surface area contributed by atoms with Crippen molar-refractivity contribution in [2.45, 2.75) is 25.3 Å². The zero-order valence-electron chi connectivity index (χ0n) is 7.79. The first-order valence-electron chi connectivity index (χ1n) is 5.21. The summed E-state index contributed by atoms with van der Waals surface area (Å²) < 4.78 is 0. The predicted octanol–water partition coefficient (Wildman–Crippen LogP) is -0.0655. The van der Waals surface area contributed by atoms with E-state index < -0.39 is 0 Å². The van der Waals surface area contributed by atoms with Gasteiger partial charge < -0.3 is 10.2 Å². The van der Waals surface area contributed by atoms with Gasteiger partial charge in [-0.2, -0.15) is 5.10 Å². The first kappa shape index (κ1) is 7.62. The molecule has 0 aromatic heterocycles. The Labute approximate surface area is 78.4 Å². The first-order valence-corrected chi connectivity index (χ1v) is 5.21. The Kier molecular flexibility index (Phi) is 1.68. The van der Waals surface area contributed by atoms with Gasteiger partial charge in [0.15, 0.2) is 0 Å². The third-order valence-electron chi connectivity index (χ3n) is 3.49. The average molecular weight is 180 g/mol. The van der Waals surface area contributed by atoms with Gasteiger partial charge in [0.05, 0.1) is 6.54 Å². The molecule has 0 spiro atoms. The smallest absolute Gasteiger partial charge is 0.140 e. The van der Waals surface area contributed by atoms with Gasteiger partial charge in [-0.15, -0.1) is 0 Å². The second kappa shape index (κ2) is 2.87. The van der Waals surface area contributed by atoms with Gasteiger partial charge in [-0.05, 0) is 18.8 Å². The number of hydrogen-bond acceptors (Lipinski definition) is 4. The molecule has 1 saturated carbocycles. The van der Waals surface area contributed by atoms with E-state index >= 15 is 0 Å². The van der Waals surface area contributed by atoms with Crippen molar-refractivity contribution in [3.8, 4) is 0 Å². The monoisotopic (exact) mass is 180 g/mol. The highest BCUT2D eigenvalue weighted by Crippen LogP contribution is 2.30. The summed E-state index contributed by atoms with van der Waals surface area (Å²) in [4.78, 5) is 2.36. The lowest BCUT2D eigenvalue weighted by Gasteiger charge is -2.40. The molecule has 4 heteroatoms. The number of nitrogens with one attached hydrogen (secondary N) is 2. The number of hydrazone groups is 1. The highest BCUT2D eigenvalue weighted by atomic mass is 15.5. The molecule has 0 radical (unpaired) electrons. The molecule has 3 rings (SSSR count). The molecule has 0 aromatic rings. The molecular weight excluding hydrogens is 164 g/mol. The van der Waals surface area contributed by atoms with Crippen LogP contribution in [-0.2, 0) is 0 Å². The number of nitrogens with zero attached hydrogens (tertiary/aromatic N) is 2. The minimum absolute atomic E-state index is 0.715. The lowest BCUT2D eigenvalue weighted by atomic mass is 9.79.